The van der Waals surface area contributed by atoms with Crippen molar-refractivity contribution in [2.75, 3.05) is 24.5 Å². The third-order valence-corrected chi connectivity index (χ3v) is 2.73. The van der Waals surface area contributed by atoms with Gasteiger partial charge in [-0.25, -0.2) is 4.98 Å². The molecule has 1 atom stereocenters. The van der Waals surface area contributed by atoms with Crippen LogP contribution in [-0.4, -0.2) is 24.6 Å². The van der Waals surface area contributed by atoms with E-state index in [2.05, 4.69) is 9.88 Å². The zero-order valence-electron chi connectivity index (χ0n) is 8.57. The molecule has 2 rings (SSSR count). The van der Waals surface area contributed by atoms with Crippen molar-refractivity contribution in [3.8, 4) is 0 Å². The van der Waals surface area contributed by atoms with Gasteiger partial charge in [-0.2, -0.15) is 0 Å². The van der Waals surface area contributed by atoms with Gasteiger partial charge >= 0.3 is 0 Å². The maximum Gasteiger partial charge on any atom is 0.297 e. The van der Waals surface area contributed by atoms with Crippen LogP contribution in [0.1, 0.15) is 31.4 Å². The Morgan fingerprint density at radius 3 is 2.93 bits per heavy atom. The second-order valence-electron chi connectivity index (χ2n) is 3.88. The van der Waals surface area contributed by atoms with Crippen molar-refractivity contribution in [3.63, 3.8) is 0 Å². The zero-order chi connectivity index (χ0) is 9.97. The lowest BCUT2D eigenvalue weighted by molar-refractivity contribution is 0.471. The minimum Gasteiger partial charge on any atom is -0.428 e. The highest BCUT2D eigenvalue weighted by Gasteiger charge is 2.18. The third-order valence-electron chi connectivity index (χ3n) is 2.73. The highest BCUT2D eigenvalue weighted by atomic mass is 16.4. The molecule has 4 heteroatoms. The standard InChI is InChI=1S/C10H17N3O/c1-8(6-11)9-7-12-10(14-9)13-4-2-3-5-13/h7-8H,2-6,11H2,1H3. The Morgan fingerprint density at radius 2 is 2.29 bits per heavy atom. The SMILES string of the molecule is CC(CN)c1cnc(N2CCCC2)o1. The molecule has 1 fully saturated rings. The number of anilines is 1. The lowest BCUT2D eigenvalue weighted by Gasteiger charge is -2.11. The fourth-order valence-electron chi connectivity index (χ4n) is 1.68. The molecule has 14 heavy (non-hydrogen) atoms. The van der Waals surface area contributed by atoms with Gasteiger partial charge in [0.1, 0.15) is 5.76 Å². The average Bonchev–Trinajstić information content (AvgIpc) is 2.86. The van der Waals surface area contributed by atoms with Gasteiger partial charge in [0.2, 0.25) is 0 Å². The number of nitrogens with two attached hydrogens (primary N) is 1. The summed E-state index contributed by atoms with van der Waals surface area (Å²) in [6.07, 6.45) is 4.28. The van der Waals surface area contributed by atoms with Gasteiger partial charge in [0.15, 0.2) is 0 Å². The van der Waals surface area contributed by atoms with Crippen LogP contribution in [0.2, 0.25) is 0 Å². The normalized spacial score (nSPS) is 18.9. The number of rotatable bonds is 3. The molecular formula is C10H17N3O. The molecule has 0 radical (unpaired) electrons. The molecule has 78 valence electrons. The number of hydrogen-bond acceptors (Lipinski definition) is 4. The molecule has 1 aliphatic rings. The molecule has 1 aromatic heterocycles. The highest BCUT2D eigenvalue weighted by molar-refractivity contribution is 5.28. The quantitative estimate of drug-likeness (QED) is 0.790. The van der Waals surface area contributed by atoms with Gasteiger partial charge in [0, 0.05) is 25.6 Å². The molecule has 0 aliphatic carbocycles. The average molecular weight is 195 g/mol. The van der Waals surface area contributed by atoms with E-state index in [0.29, 0.717) is 6.54 Å². The van der Waals surface area contributed by atoms with E-state index in [-0.39, 0.29) is 5.92 Å². The maximum atomic E-state index is 5.66. The van der Waals surface area contributed by atoms with Crippen molar-refractivity contribution in [1.82, 2.24) is 4.98 Å². The summed E-state index contributed by atoms with van der Waals surface area (Å²) < 4.78 is 5.66. The topological polar surface area (TPSA) is 55.3 Å². The van der Waals surface area contributed by atoms with E-state index in [4.69, 9.17) is 10.2 Å². The monoisotopic (exact) mass is 195 g/mol. The van der Waals surface area contributed by atoms with E-state index in [1.165, 1.54) is 12.8 Å². The van der Waals surface area contributed by atoms with Crippen LogP contribution in [0, 0.1) is 0 Å². The summed E-state index contributed by atoms with van der Waals surface area (Å²) in [6.45, 7) is 4.79. The molecule has 0 amide bonds. The van der Waals surface area contributed by atoms with E-state index in [1.54, 1.807) is 6.20 Å². The molecule has 1 unspecified atom stereocenters. The highest BCUT2D eigenvalue weighted by Crippen LogP contribution is 2.23. The molecule has 4 nitrogen and oxygen atoms in total. The first-order chi connectivity index (χ1) is 6.81. The van der Waals surface area contributed by atoms with Gasteiger partial charge in [0.05, 0.1) is 6.20 Å². The van der Waals surface area contributed by atoms with Crippen LogP contribution < -0.4 is 10.6 Å². The van der Waals surface area contributed by atoms with Crippen LogP contribution in [0.3, 0.4) is 0 Å². The van der Waals surface area contributed by atoms with Crippen molar-refractivity contribution in [1.29, 1.82) is 0 Å². The summed E-state index contributed by atoms with van der Waals surface area (Å²) in [4.78, 5) is 6.46. The van der Waals surface area contributed by atoms with E-state index in [1.807, 2.05) is 6.92 Å². The molecule has 1 aromatic rings. The molecule has 0 aromatic carbocycles. The van der Waals surface area contributed by atoms with Crippen molar-refractivity contribution < 1.29 is 4.42 Å². The third kappa shape index (κ3) is 1.75. The van der Waals surface area contributed by atoms with Gasteiger partial charge < -0.3 is 15.1 Å². The number of nitrogens with zero attached hydrogens (tertiary/aromatic N) is 2. The van der Waals surface area contributed by atoms with E-state index in [0.717, 1.165) is 24.9 Å². The van der Waals surface area contributed by atoms with E-state index < -0.39 is 0 Å². The Bertz CT molecular complexity index is 291. The molecule has 2 heterocycles. The number of aromatic nitrogens is 1. The Morgan fingerprint density at radius 1 is 1.57 bits per heavy atom. The first-order valence-electron chi connectivity index (χ1n) is 5.22. The van der Waals surface area contributed by atoms with Crippen LogP contribution in [0.25, 0.3) is 0 Å². The van der Waals surface area contributed by atoms with Crippen molar-refractivity contribution in [2.45, 2.75) is 25.7 Å². The summed E-state index contributed by atoms with van der Waals surface area (Å²) in [5.41, 5.74) is 5.57. The zero-order valence-corrected chi connectivity index (χ0v) is 8.57. The smallest absolute Gasteiger partial charge is 0.297 e. The fourth-order valence-corrected chi connectivity index (χ4v) is 1.68. The molecule has 2 N–H and O–H groups in total. The van der Waals surface area contributed by atoms with Crippen LogP contribution in [0.4, 0.5) is 6.01 Å². The summed E-state index contributed by atoms with van der Waals surface area (Å²) in [7, 11) is 0. The largest absolute Gasteiger partial charge is 0.428 e. The predicted octanol–water partition coefficient (Wildman–Crippen LogP) is 1.34. The van der Waals surface area contributed by atoms with Crippen molar-refractivity contribution in [3.05, 3.63) is 12.0 Å². The lowest BCUT2D eigenvalue weighted by atomic mass is 10.1. The van der Waals surface area contributed by atoms with Crippen molar-refractivity contribution in [2.24, 2.45) is 5.73 Å². The summed E-state index contributed by atoms with van der Waals surface area (Å²) in [5, 5.41) is 0. The second kappa shape index (κ2) is 4.00. The minimum atomic E-state index is 0.263. The van der Waals surface area contributed by atoms with Gasteiger partial charge in [-0.15, -0.1) is 0 Å². The summed E-state index contributed by atoms with van der Waals surface area (Å²) in [5.74, 6) is 1.16. The summed E-state index contributed by atoms with van der Waals surface area (Å²) in [6, 6.07) is 0.762. The van der Waals surface area contributed by atoms with E-state index >= 15 is 0 Å². The Balaban J connectivity index is 2.08. The molecule has 0 spiro atoms. The van der Waals surface area contributed by atoms with Gasteiger partial charge in [0.25, 0.3) is 6.01 Å². The van der Waals surface area contributed by atoms with Crippen molar-refractivity contribution >= 4 is 6.01 Å². The Labute approximate surface area is 84.1 Å². The molecule has 0 saturated carbocycles. The number of oxazole rings is 1. The fraction of sp³-hybridized carbons (Fsp3) is 0.700. The molecule has 1 aliphatic heterocycles. The van der Waals surface area contributed by atoms with Gasteiger partial charge in [-0.1, -0.05) is 6.92 Å². The Kier molecular flexibility index (Phi) is 2.72. The first-order valence-corrected chi connectivity index (χ1v) is 5.22. The summed E-state index contributed by atoms with van der Waals surface area (Å²) >= 11 is 0. The van der Waals surface area contributed by atoms with Crippen LogP contribution in [-0.2, 0) is 0 Å². The van der Waals surface area contributed by atoms with Crippen LogP contribution >= 0.6 is 0 Å². The second-order valence-corrected chi connectivity index (χ2v) is 3.88. The van der Waals surface area contributed by atoms with E-state index in [9.17, 15) is 0 Å². The molecule has 0 bridgehead atoms. The first kappa shape index (κ1) is 9.52. The minimum absolute atomic E-state index is 0.263. The lowest BCUT2D eigenvalue weighted by Crippen LogP contribution is -2.17. The Hall–Kier alpha value is -1.03. The van der Waals surface area contributed by atoms with Gasteiger partial charge in [-0.3, -0.25) is 0 Å². The van der Waals surface area contributed by atoms with Crippen LogP contribution in [0.5, 0.6) is 0 Å². The number of hydrogen-bond donors (Lipinski definition) is 1. The predicted molar refractivity (Wildman–Crippen MR) is 55.4 cm³/mol. The molecular weight excluding hydrogens is 178 g/mol. The van der Waals surface area contributed by atoms with Gasteiger partial charge in [-0.05, 0) is 12.8 Å². The van der Waals surface area contributed by atoms with Crippen LogP contribution in [0.15, 0.2) is 10.6 Å². The molecule has 1 saturated heterocycles. The maximum absolute atomic E-state index is 5.66.